The zero-order valence-corrected chi connectivity index (χ0v) is 21.4. The van der Waals surface area contributed by atoms with Gasteiger partial charge in [-0.15, -0.1) is 0 Å². The Bertz CT molecular complexity index is 1310. The van der Waals surface area contributed by atoms with E-state index in [0.717, 1.165) is 34.7 Å². The topological polar surface area (TPSA) is 77.7 Å². The summed E-state index contributed by atoms with van der Waals surface area (Å²) >= 11 is 0. The summed E-state index contributed by atoms with van der Waals surface area (Å²) in [6.07, 6.45) is 4.43. The van der Waals surface area contributed by atoms with Crippen molar-refractivity contribution in [1.82, 2.24) is 15.2 Å². The van der Waals surface area contributed by atoms with E-state index < -0.39 is 0 Å². The van der Waals surface area contributed by atoms with E-state index in [1.165, 1.54) is 5.56 Å². The third kappa shape index (κ3) is 7.07. The van der Waals surface area contributed by atoms with Crippen molar-refractivity contribution in [3.8, 4) is 28.4 Å². The van der Waals surface area contributed by atoms with Crippen LogP contribution >= 0.6 is 0 Å². The molecular formula is C30H32N4O3. The average Bonchev–Trinajstić information content (AvgIpc) is 3.36. The van der Waals surface area contributed by atoms with E-state index in [0.29, 0.717) is 18.3 Å². The van der Waals surface area contributed by atoms with Gasteiger partial charge >= 0.3 is 0 Å². The lowest BCUT2D eigenvalue weighted by Crippen LogP contribution is -2.24. The van der Waals surface area contributed by atoms with Crippen LogP contribution in [0.25, 0.3) is 16.9 Å². The van der Waals surface area contributed by atoms with E-state index in [1.54, 1.807) is 10.9 Å². The predicted molar refractivity (Wildman–Crippen MR) is 147 cm³/mol. The average molecular weight is 497 g/mol. The first-order valence-electron chi connectivity index (χ1n) is 12.5. The summed E-state index contributed by atoms with van der Waals surface area (Å²) in [4.78, 5) is 12.3. The molecule has 7 nitrogen and oxygen atoms in total. The Morgan fingerprint density at radius 3 is 2.32 bits per heavy atom. The molecule has 0 saturated heterocycles. The quantitative estimate of drug-likeness (QED) is 0.205. The molecule has 0 saturated carbocycles. The lowest BCUT2D eigenvalue weighted by molar-refractivity contribution is -0.123. The van der Waals surface area contributed by atoms with Crippen LogP contribution in [-0.2, 0) is 4.79 Å². The van der Waals surface area contributed by atoms with Crippen LogP contribution in [0.15, 0.2) is 90.2 Å². The predicted octanol–water partition coefficient (Wildman–Crippen LogP) is 5.98. The standard InChI is InChI=1S/C30H32N4O3/c1-4-18-36-27-16-12-24(13-17-27)30-25(20-34(33-30)26-8-6-5-7-9-26)19-31-32-29(35)21-37-28-14-10-23(11-15-28)22(2)3/h5-17,19-20,22H,4,18,21H2,1-3H3,(H,32,35)/b31-19+. The molecule has 7 heteroatoms. The van der Waals surface area contributed by atoms with Crippen LogP contribution in [0.5, 0.6) is 11.5 Å². The lowest BCUT2D eigenvalue weighted by atomic mass is 10.0. The smallest absolute Gasteiger partial charge is 0.277 e. The number of amides is 1. The third-order valence-electron chi connectivity index (χ3n) is 5.67. The Morgan fingerprint density at radius 2 is 1.65 bits per heavy atom. The van der Waals surface area contributed by atoms with Crippen LogP contribution in [0.2, 0.25) is 0 Å². The Labute approximate surface area is 217 Å². The van der Waals surface area contributed by atoms with Crippen LogP contribution < -0.4 is 14.9 Å². The van der Waals surface area contributed by atoms with Gasteiger partial charge in [-0.3, -0.25) is 4.79 Å². The summed E-state index contributed by atoms with van der Waals surface area (Å²) in [5, 5.41) is 8.94. The minimum atomic E-state index is -0.349. The molecule has 1 amide bonds. The molecule has 0 aliphatic carbocycles. The van der Waals surface area contributed by atoms with Gasteiger partial charge in [-0.05, 0) is 66.4 Å². The molecule has 37 heavy (non-hydrogen) atoms. The Hall–Kier alpha value is -4.39. The molecule has 0 bridgehead atoms. The van der Waals surface area contributed by atoms with Crippen molar-refractivity contribution in [2.45, 2.75) is 33.1 Å². The number of aromatic nitrogens is 2. The number of hydrazone groups is 1. The number of ether oxygens (including phenoxy) is 2. The molecule has 1 N–H and O–H groups in total. The van der Waals surface area contributed by atoms with Gasteiger partial charge in [-0.25, -0.2) is 10.1 Å². The van der Waals surface area contributed by atoms with Gasteiger partial charge in [0.25, 0.3) is 5.91 Å². The van der Waals surface area contributed by atoms with Gasteiger partial charge in [0.05, 0.1) is 18.5 Å². The maximum atomic E-state index is 12.3. The number of nitrogens with zero attached hydrogens (tertiary/aromatic N) is 3. The SMILES string of the molecule is CCCOc1ccc(-c2nn(-c3ccccc3)cc2/C=N/NC(=O)COc2ccc(C(C)C)cc2)cc1. The summed E-state index contributed by atoms with van der Waals surface area (Å²) in [6.45, 7) is 6.88. The maximum absolute atomic E-state index is 12.3. The molecule has 0 unspecified atom stereocenters. The zero-order chi connectivity index (χ0) is 26.0. The van der Waals surface area contributed by atoms with Crippen LogP contribution in [0.3, 0.4) is 0 Å². The number of para-hydroxylation sites is 1. The molecule has 0 fully saturated rings. The third-order valence-corrected chi connectivity index (χ3v) is 5.67. The summed E-state index contributed by atoms with van der Waals surface area (Å²) < 4.78 is 13.1. The minimum Gasteiger partial charge on any atom is -0.494 e. The normalized spacial score (nSPS) is 11.1. The maximum Gasteiger partial charge on any atom is 0.277 e. The van der Waals surface area contributed by atoms with Crippen molar-refractivity contribution in [3.05, 3.63) is 96.2 Å². The van der Waals surface area contributed by atoms with Gasteiger partial charge in [0.2, 0.25) is 0 Å². The highest BCUT2D eigenvalue weighted by molar-refractivity contribution is 5.89. The van der Waals surface area contributed by atoms with Crippen LogP contribution in [0.4, 0.5) is 0 Å². The zero-order valence-electron chi connectivity index (χ0n) is 21.4. The van der Waals surface area contributed by atoms with Gasteiger partial charge in [-0.1, -0.05) is 51.1 Å². The number of hydrogen-bond acceptors (Lipinski definition) is 5. The molecule has 0 aliphatic heterocycles. The van der Waals surface area contributed by atoms with Gasteiger partial charge in [-0.2, -0.15) is 10.2 Å². The van der Waals surface area contributed by atoms with E-state index in [-0.39, 0.29) is 12.5 Å². The number of nitrogens with one attached hydrogen (secondary N) is 1. The van der Waals surface area contributed by atoms with E-state index in [1.807, 2.05) is 85.1 Å². The number of hydrogen-bond donors (Lipinski definition) is 1. The highest BCUT2D eigenvalue weighted by Gasteiger charge is 2.12. The Morgan fingerprint density at radius 1 is 0.973 bits per heavy atom. The number of carbonyl (C=O) groups is 1. The Kier molecular flexibility index (Phi) is 8.70. The summed E-state index contributed by atoms with van der Waals surface area (Å²) in [5.74, 6) is 1.55. The van der Waals surface area contributed by atoms with Crippen molar-refractivity contribution in [2.24, 2.45) is 5.10 Å². The summed E-state index contributed by atoms with van der Waals surface area (Å²) in [7, 11) is 0. The molecule has 4 aromatic rings. The first-order chi connectivity index (χ1) is 18.0. The van der Waals surface area contributed by atoms with E-state index in [4.69, 9.17) is 14.6 Å². The van der Waals surface area contributed by atoms with Crippen molar-refractivity contribution < 1.29 is 14.3 Å². The fourth-order valence-electron chi connectivity index (χ4n) is 3.65. The molecule has 0 atom stereocenters. The monoisotopic (exact) mass is 496 g/mol. The molecule has 4 rings (SSSR count). The molecule has 0 spiro atoms. The van der Waals surface area contributed by atoms with Crippen molar-refractivity contribution in [3.63, 3.8) is 0 Å². The second-order valence-electron chi connectivity index (χ2n) is 8.89. The van der Waals surface area contributed by atoms with E-state index in [9.17, 15) is 4.79 Å². The lowest BCUT2D eigenvalue weighted by Gasteiger charge is -2.08. The molecule has 0 radical (unpaired) electrons. The number of carbonyl (C=O) groups excluding carboxylic acids is 1. The molecule has 0 aliphatic rings. The largest absolute Gasteiger partial charge is 0.494 e. The van der Waals surface area contributed by atoms with Crippen LogP contribution in [0.1, 0.15) is 44.2 Å². The van der Waals surface area contributed by atoms with Gasteiger partial charge in [0, 0.05) is 17.3 Å². The fraction of sp³-hybridized carbons (Fsp3) is 0.233. The van der Waals surface area contributed by atoms with Crippen molar-refractivity contribution >= 4 is 12.1 Å². The number of benzene rings is 3. The highest BCUT2D eigenvalue weighted by Crippen LogP contribution is 2.25. The first-order valence-corrected chi connectivity index (χ1v) is 12.5. The van der Waals surface area contributed by atoms with Crippen LogP contribution in [-0.4, -0.2) is 35.1 Å². The molecule has 1 heterocycles. The molecule has 190 valence electrons. The van der Waals surface area contributed by atoms with E-state index >= 15 is 0 Å². The molecule has 1 aromatic heterocycles. The minimum absolute atomic E-state index is 0.131. The first kappa shape index (κ1) is 25.7. The summed E-state index contributed by atoms with van der Waals surface area (Å²) in [5.41, 5.74) is 7.10. The van der Waals surface area contributed by atoms with E-state index in [2.05, 4.69) is 31.3 Å². The second kappa shape index (κ2) is 12.5. The molecule has 3 aromatic carbocycles. The van der Waals surface area contributed by atoms with Gasteiger partial charge in [0.15, 0.2) is 6.61 Å². The second-order valence-corrected chi connectivity index (χ2v) is 8.89. The van der Waals surface area contributed by atoms with Crippen LogP contribution in [0, 0.1) is 0 Å². The van der Waals surface area contributed by atoms with Gasteiger partial charge in [0.1, 0.15) is 17.2 Å². The highest BCUT2D eigenvalue weighted by atomic mass is 16.5. The fourth-order valence-corrected chi connectivity index (χ4v) is 3.65. The number of rotatable bonds is 11. The summed E-state index contributed by atoms with van der Waals surface area (Å²) in [6, 6.07) is 25.4. The van der Waals surface area contributed by atoms with Crippen molar-refractivity contribution in [2.75, 3.05) is 13.2 Å². The molecular weight excluding hydrogens is 464 g/mol. The Balaban J connectivity index is 1.45. The van der Waals surface area contributed by atoms with Crippen molar-refractivity contribution in [1.29, 1.82) is 0 Å². The van der Waals surface area contributed by atoms with Gasteiger partial charge < -0.3 is 9.47 Å².